The first kappa shape index (κ1) is 31.2. The average Bonchev–Trinajstić information content (AvgIpc) is 3.51. The van der Waals surface area contributed by atoms with E-state index < -0.39 is 0 Å². The molecule has 2 aromatic carbocycles. The van der Waals surface area contributed by atoms with E-state index in [1.54, 1.807) is 34.1 Å². The topological polar surface area (TPSA) is 0 Å². The van der Waals surface area contributed by atoms with Gasteiger partial charge in [-0.2, -0.15) is 0 Å². The van der Waals surface area contributed by atoms with Crippen LogP contribution in [0.2, 0.25) is 0 Å². The largest absolute Gasteiger partial charge is 0.101 e. The van der Waals surface area contributed by atoms with E-state index in [0.717, 1.165) is 45.8 Å². The van der Waals surface area contributed by atoms with Crippen molar-refractivity contribution < 1.29 is 0 Å². The Labute approximate surface area is 258 Å². The molecule has 6 rings (SSSR count). The van der Waals surface area contributed by atoms with Gasteiger partial charge in [-0.3, -0.25) is 0 Å². The summed E-state index contributed by atoms with van der Waals surface area (Å²) in [5.74, 6) is 1.91. The van der Waals surface area contributed by atoms with Gasteiger partial charge in [-0.15, -0.1) is 15.8 Å². The second-order valence-electron chi connectivity index (χ2n) is 14.4. The molecular formula is C37H56P4. The van der Waals surface area contributed by atoms with Crippen LogP contribution in [-0.2, 0) is 0 Å². The van der Waals surface area contributed by atoms with Gasteiger partial charge in [0.05, 0.1) is 0 Å². The Morgan fingerprint density at radius 2 is 1.02 bits per heavy atom. The summed E-state index contributed by atoms with van der Waals surface area (Å²) >= 11 is 0. The third-order valence-electron chi connectivity index (χ3n) is 12.2. The molecule has 2 aromatic rings. The van der Waals surface area contributed by atoms with Crippen LogP contribution in [0, 0.1) is 11.8 Å². The predicted octanol–water partition coefficient (Wildman–Crippen LogP) is 11.3. The Bertz CT molecular complexity index is 1160. The molecule has 4 unspecified atom stereocenters. The lowest BCUT2D eigenvalue weighted by molar-refractivity contribution is 0.318. The van der Waals surface area contributed by atoms with Crippen LogP contribution >= 0.6 is 31.7 Å². The molecule has 0 spiro atoms. The van der Waals surface area contributed by atoms with Gasteiger partial charge in [0, 0.05) is 11.3 Å². The molecule has 41 heavy (non-hydrogen) atoms. The lowest BCUT2D eigenvalue weighted by atomic mass is 9.82. The second kappa shape index (κ2) is 12.9. The van der Waals surface area contributed by atoms with Gasteiger partial charge in [-0.1, -0.05) is 126 Å². The third kappa shape index (κ3) is 5.71. The fourth-order valence-corrected chi connectivity index (χ4v) is 25.0. The molecule has 224 valence electrons. The van der Waals surface area contributed by atoms with Crippen molar-refractivity contribution in [2.24, 2.45) is 11.8 Å². The predicted molar refractivity (Wildman–Crippen MR) is 193 cm³/mol. The fourth-order valence-electron chi connectivity index (χ4n) is 10.0. The summed E-state index contributed by atoms with van der Waals surface area (Å²) in [5, 5.41) is 3.56. The van der Waals surface area contributed by atoms with E-state index in [-0.39, 0.29) is 31.7 Å². The first-order valence-electron chi connectivity index (χ1n) is 16.9. The summed E-state index contributed by atoms with van der Waals surface area (Å²) in [6, 6.07) is 19.2. The Morgan fingerprint density at radius 1 is 0.537 bits per heavy atom. The van der Waals surface area contributed by atoms with Gasteiger partial charge in [0.1, 0.15) is 0 Å². The summed E-state index contributed by atoms with van der Waals surface area (Å²) in [6.45, 7) is 21.0. The highest BCUT2D eigenvalue weighted by molar-refractivity contribution is 7.73. The summed E-state index contributed by atoms with van der Waals surface area (Å²) in [4.78, 5) is 0. The quantitative estimate of drug-likeness (QED) is 0.281. The van der Waals surface area contributed by atoms with Crippen molar-refractivity contribution in [2.45, 2.75) is 133 Å². The van der Waals surface area contributed by atoms with Gasteiger partial charge < -0.3 is 0 Å². The van der Waals surface area contributed by atoms with Gasteiger partial charge in [-0.25, -0.2) is 0 Å². The van der Waals surface area contributed by atoms with E-state index in [4.69, 9.17) is 0 Å². The summed E-state index contributed by atoms with van der Waals surface area (Å²) < 4.78 is 0. The van der Waals surface area contributed by atoms with Crippen molar-refractivity contribution in [1.29, 1.82) is 0 Å². The number of fused-ring (bicyclic) bond motifs is 1. The lowest BCUT2D eigenvalue weighted by Crippen LogP contribution is -2.29. The molecule has 0 saturated carbocycles. The zero-order chi connectivity index (χ0) is 29.0. The third-order valence-corrected chi connectivity index (χ3v) is 26.3. The van der Waals surface area contributed by atoms with Crippen molar-refractivity contribution in [3.05, 3.63) is 59.7 Å². The van der Waals surface area contributed by atoms with Crippen LogP contribution in [0.15, 0.2) is 48.5 Å². The maximum atomic E-state index is 2.72. The van der Waals surface area contributed by atoms with E-state index in [0.29, 0.717) is 11.3 Å². The maximum Gasteiger partial charge on any atom is 0.00622 e. The molecule has 4 heterocycles. The van der Waals surface area contributed by atoms with Crippen LogP contribution in [0.3, 0.4) is 0 Å². The summed E-state index contributed by atoms with van der Waals surface area (Å²) in [5.41, 5.74) is 10.3. The highest BCUT2D eigenvalue weighted by atomic mass is 31.1. The number of hydrogen-bond acceptors (Lipinski definition) is 0. The molecule has 0 nitrogen and oxygen atoms in total. The Hall–Kier alpha value is 0.160. The average molecular weight is 625 g/mol. The Balaban J connectivity index is 1.20. The second-order valence-corrected chi connectivity index (χ2v) is 26.6. The fraction of sp³-hybridized carbons (Fsp3) is 0.676. The normalized spacial score (nSPS) is 41.7. The van der Waals surface area contributed by atoms with Gasteiger partial charge >= 0.3 is 0 Å². The van der Waals surface area contributed by atoms with E-state index >= 15 is 0 Å². The highest BCUT2D eigenvalue weighted by Crippen LogP contribution is 2.70. The minimum atomic E-state index is -0.210. The van der Waals surface area contributed by atoms with E-state index in [9.17, 15) is 0 Å². The number of benzene rings is 2. The molecule has 0 aliphatic carbocycles. The van der Waals surface area contributed by atoms with E-state index in [2.05, 4.69) is 104 Å². The molecule has 4 aliphatic rings. The van der Waals surface area contributed by atoms with Crippen LogP contribution in [0.1, 0.15) is 110 Å². The van der Waals surface area contributed by atoms with Crippen molar-refractivity contribution in [2.75, 3.05) is 12.3 Å². The van der Waals surface area contributed by atoms with Crippen LogP contribution in [0.25, 0.3) is 0 Å². The SMILES string of the molecule is C[C@@H]1CC(C2C[C@@H](C)P(c3ccccc3P3[C@H](C)c4ccccc4[C@H]3C)[C@@H]2C)[C@@H](C)P1CCP1[C@@H](C)CCC[C@@H]1C. The Morgan fingerprint density at radius 3 is 1.63 bits per heavy atom. The number of hydrogen-bond donors (Lipinski definition) is 0. The molecular weight excluding hydrogens is 568 g/mol. The summed E-state index contributed by atoms with van der Waals surface area (Å²) in [6.07, 6.45) is 10.7. The molecule has 0 aromatic heterocycles. The highest BCUT2D eigenvalue weighted by Gasteiger charge is 2.50. The molecule has 3 fully saturated rings. The zero-order valence-corrected chi connectivity index (χ0v) is 30.7. The molecule has 4 aliphatic heterocycles. The minimum Gasteiger partial charge on any atom is -0.101 e. The molecule has 0 amide bonds. The van der Waals surface area contributed by atoms with Gasteiger partial charge in [-0.05, 0) is 106 Å². The van der Waals surface area contributed by atoms with Crippen molar-refractivity contribution in [1.82, 2.24) is 0 Å². The molecule has 0 bridgehead atoms. The van der Waals surface area contributed by atoms with Crippen molar-refractivity contribution in [3.63, 3.8) is 0 Å². The van der Waals surface area contributed by atoms with E-state index in [1.807, 2.05) is 0 Å². The van der Waals surface area contributed by atoms with Crippen LogP contribution < -0.4 is 10.6 Å². The first-order chi connectivity index (χ1) is 19.7. The van der Waals surface area contributed by atoms with Crippen molar-refractivity contribution >= 4 is 42.3 Å². The Kier molecular flexibility index (Phi) is 9.78. The van der Waals surface area contributed by atoms with Crippen LogP contribution in [-0.4, -0.2) is 46.3 Å². The maximum absolute atomic E-state index is 2.72. The van der Waals surface area contributed by atoms with Crippen LogP contribution in [0.5, 0.6) is 0 Å². The van der Waals surface area contributed by atoms with Crippen molar-refractivity contribution in [3.8, 4) is 0 Å². The zero-order valence-electron chi connectivity index (χ0n) is 27.1. The number of rotatable bonds is 6. The molecule has 0 radical (unpaired) electrons. The molecule has 3 saturated heterocycles. The van der Waals surface area contributed by atoms with Crippen LogP contribution in [0.4, 0.5) is 0 Å². The van der Waals surface area contributed by atoms with Gasteiger partial charge in [0.2, 0.25) is 0 Å². The monoisotopic (exact) mass is 624 g/mol. The smallest absolute Gasteiger partial charge is 0.00622 e. The summed E-state index contributed by atoms with van der Waals surface area (Å²) in [7, 11) is 0.118. The first-order valence-corrected chi connectivity index (χ1v) is 23.2. The lowest BCUT2D eigenvalue weighted by Gasteiger charge is -2.37. The van der Waals surface area contributed by atoms with E-state index in [1.165, 1.54) is 32.1 Å². The molecule has 0 N–H and O–H groups in total. The minimum absolute atomic E-state index is 0.120. The molecule has 4 heteroatoms. The molecule has 12 atom stereocenters. The standard InChI is InChI=1S/C37H56P4/c1-24-14-13-15-25(2)38(24)20-21-39-26(3)22-34(28(39)5)35-23-27(4)40(31(35)8)36-18-11-12-19-37(36)41-29(6)32-16-9-10-17-33(32)30(41)7/h9-12,16-19,24-31,34-35H,13-15,20-23H2,1-8H3/t24-,25-,26+,27+,28+,29+,30+,31+,34?,35?,39?,40?/m0/s1. The van der Waals surface area contributed by atoms with Gasteiger partial charge in [0.25, 0.3) is 0 Å². The van der Waals surface area contributed by atoms with Gasteiger partial charge in [0.15, 0.2) is 0 Å².